The minimum atomic E-state index is -1.53. The third kappa shape index (κ3) is 4.85. The summed E-state index contributed by atoms with van der Waals surface area (Å²) >= 11 is 0. The molecule has 8 heteroatoms. The summed E-state index contributed by atoms with van der Waals surface area (Å²) in [5.41, 5.74) is 2.36. The van der Waals surface area contributed by atoms with Crippen molar-refractivity contribution in [1.82, 2.24) is 0 Å². The Labute approximate surface area is 174 Å². The van der Waals surface area contributed by atoms with Crippen LogP contribution in [0.2, 0.25) is 0 Å². The number of benzene rings is 2. The van der Waals surface area contributed by atoms with Crippen molar-refractivity contribution < 1.29 is 39.7 Å². The Bertz CT molecular complexity index is 836. The summed E-state index contributed by atoms with van der Waals surface area (Å²) in [5.74, 6) is 1.09. The number of ether oxygens (including phenoxy) is 3. The lowest BCUT2D eigenvalue weighted by atomic mass is 9.99. The van der Waals surface area contributed by atoms with Crippen LogP contribution in [0.4, 0.5) is 0 Å². The normalized spacial score (nSPS) is 26.4. The van der Waals surface area contributed by atoms with E-state index >= 15 is 0 Å². The summed E-state index contributed by atoms with van der Waals surface area (Å²) in [6.45, 7) is 1.11. The maximum absolute atomic E-state index is 10.3. The third-order valence-corrected chi connectivity index (χ3v) is 5.35. The molecule has 5 N–H and O–H groups in total. The molecule has 30 heavy (non-hydrogen) atoms. The number of methoxy groups -OCH3 is 1. The first-order valence-electron chi connectivity index (χ1n) is 9.76. The fourth-order valence-corrected chi connectivity index (χ4v) is 3.37. The van der Waals surface area contributed by atoms with Crippen LogP contribution in [-0.4, -0.2) is 70.0 Å². The maximum atomic E-state index is 10.3. The van der Waals surface area contributed by atoms with E-state index in [0.29, 0.717) is 12.0 Å². The molecule has 1 aliphatic rings. The summed E-state index contributed by atoms with van der Waals surface area (Å²) in [6.07, 6.45) is -5.54. The Kier molecular flexibility index (Phi) is 7.17. The molecule has 8 nitrogen and oxygen atoms in total. The number of aliphatic hydroxyl groups is 4. The largest absolute Gasteiger partial charge is 0.508 e. The lowest BCUT2D eigenvalue weighted by Crippen LogP contribution is -2.60. The summed E-state index contributed by atoms with van der Waals surface area (Å²) in [4.78, 5) is 0. The van der Waals surface area contributed by atoms with Crippen LogP contribution in [-0.2, 0) is 17.6 Å². The predicted molar refractivity (Wildman–Crippen MR) is 108 cm³/mol. The van der Waals surface area contributed by atoms with Crippen LogP contribution in [0, 0.1) is 6.92 Å². The summed E-state index contributed by atoms with van der Waals surface area (Å²) < 4.78 is 16.3. The molecule has 164 valence electrons. The molecule has 1 heterocycles. The lowest BCUT2D eigenvalue weighted by molar-refractivity contribution is -0.277. The van der Waals surface area contributed by atoms with E-state index in [-0.39, 0.29) is 11.5 Å². The molecule has 2 aromatic rings. The molecule has 0 saturated carbocycles. The van der Waals surface area contributed by atoms with E-state index in [1.54, 1.807) is 26.2 Å². The van der Waals surface area contributed by atoms with Crippen molar-refractivity contribution in [3.63, 3.8) is 0 Å². The minimum Gasteiger partial charge on any atom is -0.508 e. The molecular weight excluding hydrogens is 392 g/mol. The lowest BCUT2D eigenvalue weighted by Gasteiger charge is -2.39. The van der Waals surface area contributed by atoms with Crippen molar-refractivity contribution in [2.45, 2.75) is 50.5 Å². The van der Waals surface area contributed by atoms with Gasteiger partial charge in [0.25, 0.3) is 0 Å². The van der Waals surface area contributed by atoms with Crippen LogP contribution in [0.25, 0.3) is 0 Å². The Balaban J connectivity index is 1.74. The van der Waals surface area contributed by atoms with Crippen LogP contribution in [0.15, 0.2) is 36.4 Å². The van der Waals surface area contributed by atoms with Crippen LogP contribution in [0.1, 0.15) is 16.7 Å². The van der Waals surface area contributed by atoms with Crippen molar-refractivity contribution in [3.8, 4) is 17.2 Å². The van der Waals surface area contributed by atoms with Gasteiger partial charge in [-0.05, 0) is 55.2 Å². The second-order valence-corrected chi connectivity index (χ2v) is 7.40. The fraction of sp³-hybridized carbons (Fsp3) is 0.455. The van der Waals surface area contributed by atoms with Gasteiger partial charge < -0.3 is 39.7 Å². The molecule has 1 aliphatic heterocycles. The van der Waals surface area contributed by atoms with Crippen molar-refractivity contribution in [2.24, 2.45) is 0 Å². The van der Waals surface area contributed by atoms with Gasteiger partial charge in [-0.1, -0.05) is 12.1 Å². The average Bonchev–Trinajstić information content (AvgIpc) is 2.76. The van der Waals surface area contributed by atoms with Gasteiger partial charge in [-0.15, -0.1) is 0 Å². The average molecular weight is 420 g/mol. The molecule has 5 atom stereocenters. The van der Waals surface area contributed by atoms with E-state index < -0.39 is 37.3 Å². The highest BCUT2D eigenvalue weighted by atomic mass is 16.7. The van der Waals surface area contributed by atoms with Gasteiger partial charge in [-0.25, -0.2) is 0 Å². The van der Waals surface area contributed by atoms with Gasteiger partial charge >= 0.3 is 0 Å². The van der Waals surface area contributed by atoms with Gasteiger partial charge in [0, 0.05) is 5.56 Å². The highest BCUT2D eigenvalue weighted by Crippen LogP contribution is 2.32. The van der Waals surface area contributed by atoms with Crippen LogP contribution >= 0.6 is 0 Å². The monoisotopic (exact) mass is 420 g/mol. The molecule has 0 bridgehead atoms. The quantitative estimate of drug-likeness (QED) is 0.442. The van der Waals surface area contributed by atoms with E-state index in [0.717, 1.165) is 23.3 Å². The number of phenols is 1. The predicted octanol–water partition coefficient (Wildman–Crippen LogP) is 0.673. The molecule has 0 aromatic heterocycles. The van der Waals surface area contributed by atoms with E-state index in [1.807, 2.05) is 24.3 Å². The number of phenolic OH excluding ortho intramolecular Hbond substituents is 1. The zero-order valence-electron chi connectivity index (χ0n) is 16.9. The first-order chi connectivity index (χ1) is 14.3. The van der Waals surface area contributed by atoms with Crippen LogP contribution < -0.4 is 9.47 Å². The third-order valence-electron chi connectivity index (χ3n) is 5.35. The Morgan fingerprint density at radius 1 is 0.933 bits per heavy atom. The van der Waals surface area contributed by atoms with Gasteiger partial charge in [0.2, 0.25) is 6.29 Å². The molecule has 3 rings (SSSR count). The molecular formula is C22H28O8. The van der Waals surface area contributed by atoms with Crippen molar-refractivity contribution in [3.05, 3.63) is 53.1 Å². The van der Waals surface area contributed by atoms with Gasteiger partial charge in [-0.2, -0.15) is 0 Å². The molecule has 2 aromatic carbocycles. The van der Waals surface area contributed by atoms with E-state index in [9.17, 15) is 25.5 Å². The van der Waals surface area contributed by atoms with Gasteiger partial charge in [0.1, 0.15) is 41.7 Å². The summed E-state index contributed by atoms with van der Waals surface area (Å²) in [6, 6.07) is 11.1. The topological polar surface area (TPSA) is 129 Å². The fourth-order valence-electron chi connectivity index (χ4n) is 3.37. The zero-order chi connectivity index (χ0) is 21.8. The second-order valence-electron chi connectivity index (χ2n) is 7.40. The Morgan fingerprint density at radius 2 is 1.60 bits per heavy atom. The number of aliphatic hydroxyl groups excluding tert-OH is 4. The van der Waals surface area contributed by atoms with E-state index in [2.05, 4.69) is 0 Å². The van der Waals surface area contributed by atoms with E-state index in [4.69, 9.17) is 14.2 Å². The van der Waals surface area contributed by atoms with Crippen molar-refractivity contribution in [1.29, 1.82) is 0 Å². The number of rotatable bonds is 7. The van der Waals surface area contributed by atoms with Crippen LogP contribution in [0.5, 0.6) is 17.2 Å². The second kappa shape index (κ2) is 9.63. The van der Waals surface area contributed by atoms with Gasteiger partial charge in [0.15, 0.2) is 0 Å². The van der Waals surface area contributed by atoms with Gasteiger partial charge in [-0.3, -0.25) is 0 Å². The number of aryl methyl sites for hydroxylation is 2. The molecule has 0 amide bonds. The molecule has 1 saturated heterocycles. The number of hydrogen-bond donors (Lipinski definition) is 5. The Morgan fingerprint density at radius 3 is 2.23 bits per heavy atom. The number of aromatic hydroxyl groups is 1. The smallest absolute Gasteiger partial charge is 0.229 e. The first-order valence-corrected chi connectivity index (χ1v) is 9.76. The molecule has 0 radical (unpaired) electrons. The minimum absolute atomic E-state index is 0.0295. The Hall–Kier alpha value is -2.36. The van der Waals surface area contributed by atoms with Crippen LogP contribution in [0.3, 0.4) is 0 Å². The molecule has 0 unspecified atom stereocenters. The number of hydrogen-bond acceptors (Lipinski definition) is 8. The summed E-state index contributed by atoms with van der Waals surface area (Å²) in [7, 11) is 1.61. The van der Waals surface area contributed by atoms with E-state index in [1.165, 1.54) is 0 Å². The highest BCUT2D eigenvalue weighted by Gasteiger charge is 2.44. The first kappa shape index (κ1) is 22.3. The molecule has 0 aliphatic carbocycles. The SMILES string of the molecule is COc1ccc(CCc2cc(O)c(C)c(O[C@H]3O[C@H](CO)[C@@H](O)[C@H](O)[C@H]3O)c2)cc1. The van der Waals surface area contributed by atoms with Crippen molar-refractivity contribution in [2.75, 3.05) is 13.7 Å². The van der Waals surface area contributed by atoms with Crippen molar-refractivity contribution >= 4 is 0 Å². The van der Waals surface area contributed by atoms with Gasteiger partial charge in [0.05, 0.1) is 13.7 Å². The highest BCUT2D eigenvalue weighted by molar-refractivity contribution is 5.46. The zero-order valence-corrected chi connectivity index (χ0v) is 16.9. The molecule has 0 spiro atoms. The standard InChI is InChI=1S/C22H28O8/c1-12-16(24)9-14(4-3-13-5-7-15(28-2)8-6-13)10-17(12)29-22-21(27)20(26)19(25)18(11-23)30-22/h5-10,18-27H,3-4,11H2,1-2H3/t18-,19-,20+,21-,22+/m1/s1. The maximum Gasteiger partial charge on any atom is 0.229 e. The summed E-state index contributed by atoms with van der Waals surface area (Å²) in [5, 5.41) is 49.7. The molecule has 1 fully saturated rings.